The lowest BCUT2D eigenvalue weighted by Gasteiger charge is -2.43. The van der Waals surface area contributed by atoms with E-state index in [-0.39, 0.29) is 29.4 Å². The number of carbonyl (C=O) groups is 1. The van der Waals surface area contributed by atoms with E-state index in [1.165, 1.54) is 39.3 Å². The van der Waals surface area contributed by atoms with Crippen LogP contribution >= 0.6 is 0 Å². The molecule has 12 heteroatoms. The van der Waals surface area contributed by atoms with Gasteiger partial charge in [-0.1, -0.05) is 6.07 Å². The molecule has 0 amide bonds. The second-order valence-electron chi connectivity index (χ2n) is 7.05. The topological polar surface area (TPSA) is 125 Å². The predicted molar refractivity (Wildman–Crippen MR) is 104 cm³/mol. The van der Waals surface area contributed by atoms with Crippen LogP contribution in [0.1, 0.15) is 29.9 Å². The highest BCUT2D eigenvalue weighted by Crippen LogP contribution is 2.53. The smallest absolute Gasteiger partial charge is 0.456 e. The summed E-state index contributed by atoms with van der Waals surface area (Å²) in [5, 5.41) is 20.1. The van der Waals surface area contributed by atoms with Crippen molar-refractivity contribution in [1.29, 1.82) is 0 Å². The van der Waals surface area contributed by atoms with Crippen LogP contribution in [-0.2, 0) is 16.1 Å². The first-order valence-corrected chi connectivity index (χ1v) is 9.66. The third-order valence-electron chi connectivity index (χ3n) is 5.14. The Balaban J connectivity index is 2.39. The van der Waals surface area contributed by atoms with Gasteiger partial charge in [0, 0.05) is 6.07 Å². The molecule has 3 atom stereocenters. The van der Waals surface area contributed by atoms with Crippen LogP contribution in [0.4, 0.5) is 13.2 Å². The van der Waals surface area contributed by atoms with Gasteiger partial charge in [-0.15, -0.1) is 0 Å². The number of fused-ring (bicyclic) bond motifs is 1. The van der Waals surface area contributed by atoms with Gasteiger partial charge in [0.1, 0.15) is 18.3 Å². The summed E-state index contributed by atoms with van der Waals surface area (Å²) in [4.78, 5) is 25.3. The second-order valence-corrected chi connectivity index (χ2v) is 7.05. The first-order valence-electron chi connectivity index (χ1n) is 9.66. The summed E-state index contributed by atoms with van der Waals surface area (Å²) in [6, 6.07) is 4.68. The third-order valence-corrected chi connectivity index (χ3v) is 5.14. The molecular formula is C21H21F3O9. The van der Waals surface area contributed by atoms with Crippen LogP contribution in [0, 0.1) is 5.92 Å². The Hall–Kier alpha value is -3.25. The summed E-state index contributed by atoms with van der Waals surface area (Å²) >= 11 is 0. The third kappa shape index (κ3) is 4.11. The Kier molecular flexibility index (Phi) is 6.61. The van der Waals surface area contributed by atoms with Crippen molar-refractivity contribution in [2.45, 2.75) is 31.4 Å². The second kappa shape index (κ2) is 8.94. The van der Waals surface area contributed by atoms with Gasteiger partial charge in [-0.2, -0.15) is 13.2 Å². The van der Waals surface area contributed by atoms with Crippen LogP contribution in [0.3, 0.4) is 0 Å². The number of methoxy groups -OCH3 is 2. The maximum atomic E-state index is 14.1. The molecule has 0 saturated carbocycles. The summed E-state index contributed by atoms with van der Waals surface area (Å²) < 4.78 is 67.6. The van der Waals surface area contributed by atoms with Gasteiger partial charge < -0.3 is 33.6 Å². The van der Waals surface area contributed by atoms with Gasteiger partial charge in [-0.05, 0) is 24.6 Å². The average molecular weight is 474 g/mol. The van der Waals surface area contributed by atoms with Gasteiger partial charge in [-0.3, -0.25) is 9.59 Å². The summed E-state index contributed by atoms with van der Waals surface area (Å²) in [6.45, 7) is 0.321. The molecule has 0 fully saturated rings. The summed E-state index contributed by atoms with van der Waals surface area (Å²) in [6.07, 6.45) is -5.51. The Morgan fingerprint density at radius 1 is 1.18 bits per heavy atom. The van der Waals surface area contributed by atoms with Crippen LogP contribution < -0.4 is 19.6 Å². The van der Waals surface area contributed by atoms with Gasteiger partial charge in [0.05, 0.1) is 26.7 Å². The number of aliphatic hydroxyl groups excluding tert-OH is 1. The Bertz CT molecular complexity index is 1100. The predicted octanol–water partition coefficient (Wildman–Crippen LogP) is 2.10. The van der Waals surface area contributed by atoms with E-state index in [1.54, 1.807) is 0 Å². The highest BCUT2D eigenvalue weighted by molar-refractivity contribution is 5.77. The molecule has 9 nitrogen and oxygen atoms in total. The molecule has 1 aromatic heterocycles. The minimum Gasteiger partial charge on any atom is -0.493 e. The van der Waals surface area contributed by atoms with Crippen molar-refractivity contribution >= 4 is 5.97 Å². The zero-order valence-electron chi connectivity index (χ0n) is 17.8. The molecule has 33 heavy (non-hydrogen) atoms. The number of hydrogen-bond acceptors (Lipinski definition) is 9. The molecule has 180 valence electrons. The lowest BCUT2D eigenvalue weighted by molar-refractivity contribution is -0.360. The van der Waals surface area contributed by atoms with Crippen molar-refractivity contribution in [2.24, 2.45) is 5.92 Å². The molecule has 1 aromatic carbocycles. The van der Waals surface area contributed by atoms with Crippen LogP contribution in [-0.4, -0.2) is 49.0 Å². The zero-order chi connectivity index (χ0) is 24.6. The normalized spacial score (nSPS) is 22.2. The van der Waals surface area contributed by atoms with Crippen molar-refractivity contribution in [3.63, 3.8) is 0 Å². The summed E-state index contributed by atoms with van der Waals surface area (Å²) in [5.74, 6) is -11.1. The van der Waals surface area contributed by atoms with Crippen LogP contribution in [0.2, 0.25) is 0 Å². The van der Waals surface area contributed by atoms with E-state index in [4.69, 9.17) is 23.4 Å². The molecule has 0 aliphatic carbocycles. The van der Waals surface area contributed by atoms with Crippen LogP contribution in [0.25, 0.3) is 0 Å². The number of halogens is 3. The molecule has 1 aliphatic rings. The van der Waals surface area contributed by atoms with Gasteiger partial charge in [0.25, 0.3) is 0 Å². The SMILES string of the molecule is CCOC(=O)C1C(c2ccc(OC)c(OC)c2)c2oc(CO)cc(=O)c2OC1(O)C(F)(F)F. The minimum atomic E-state index is -5.51. The summed E-state index contributed by atoms with van der Waals surface area (Å²) in [5.41, 5.74) is -1.09. The van der Waals surface area contributed by atoms with E-state index < -0.39 is 53.3 Å². The van der Waals surface area contributed by atoms with E-state index in [1.807, 2.05) is 0 Å². The molecule has 3 rings (SSSR count). The van der Waals surface area contributed by atoms with Crippen LogP contribution in [0.15, 0.2) is 33.5 Å². The number of rotatable bonds is 6. The minimum absolute atomic E-state index is 0.00355. The van der Waals surface area contributed by atoms with Crippen molar-refractivity contribution in [1.82, 2.24) is 0 Å². The molecule has 2 aromatic rings. The Labute approximate surface area is 185 Å². The van der Waals surface area contributed by atoms with Crippen molar-refractivity contribution < 1.29 is 51.5 Å². The molecule has 2 heterocycles. The number of ether oxygens (including phenoxy) is 4. The first kappa shape index (κ1) is 24.4. The molecule has 3 unspecified atom stereocenters. The molecule has 0 radical (unpaired) electrons. The van der Waals surface area contributed by atoms with Crippen molar-refractivity contribution in [3.8, 4) is 17.2 Å². The van der Waals surface area contributed by atoms with Crippen molar-refractivity contribution in [3.05, 3.63) is 51.6 Å². The largest absolute Gasteiger partial charge is 0.493 e. The highest BCUT2D eigenvalue weighted by atomic mass is 19.4. The maximum Gasteiger partial charge on any atom is 0.456 e. The fourth-order valence-electron chi connectivity index (χ4n) is 3.68. The number of alkyl halides is 3. The molecular weight excluding hydrogens is 453 g/mol. The summed E-state index contributed by atoms with van der Waals surface area (Å²) in [7, 11) is 2.64. The van der Waals surface area contributed by atoms with Gasteiger partial charge in [-0.25, -0.2) is 0 Å². The van der Waals surface area contributed by atoms with E-state index in [0.29, 0.717) is 0 Å². The zero-order valence-corrected chi connectivity index (χ0v) is 17.8. The molecule has 1 aliphatic heterocycles. The monoisotopic (exact) mass is 474 g/mol. The average Bonchev–Trinajstić information content (AvgIpc) is 2.77. The first-order chi connectivity index (χ1) is 15.5. The van der Waals surface area contributed by atoms with E-state index in [0.717, 1.165) is 6.07 Å². The molecule has 0 bridgehead atoms. The quantitative estimate of drug-likeness (QED) is 0.606. The Morgan fingerprint density at radius 3 is 2.39 bits per heavy atom. The van der Waals surface area contributed by atoms with E-state index in [9.17, 15) is 33.0 Å². The van der Waals surface area contributed by atoms with Crippen LogP contribution in [0.5, 0.6) is 17.2 Å². The van der Waals surface area contributed by atoms with Gasteiger partial charge >= 0.3 is 17.9 Å². The molecule has 0 spiro atoms. The van der Waals surface area contributed by atoms with Gasteiger partial charge in [0.15, 0.2) is 17.3 Å². The molecule has 0 saturated heterocycles. The fourth-order valence-corrected chi connectivity index (χ4v) is 3.68. The van der Waals surface area contributed by atoms with E-state index in [2.05, 4.69) is 0 Å². The Morgan fingerprint density at radius 2 is 1.85 bits per heavy atom. The fraction of sp³-hybridized carbons (Fsp3) is 0.429. The number of carbonyl (C=O) groups excluding carboxylic acids is 1. The van der Waals surface area contributed by atoms with Crippen molar-refractivity contribution in [2.75, 3.05) is 20.8 Å². The lowest BCUT2D eigenvalue weighted by Crippen LogP contribution is -2.62. The molecule has 2 N–H and O–H groups in total. The number of hydrogen-bond donors (Lipinski definition) is 2. The lowest BCUT2D eigenvalue weighted by atomic mass is 9.76. The number of esters is 1. The van der Waals surface area contributed by atoms with Gasteiger partial charge in [0.2, 0.25) is 11.2 Å². The maximum absolute atomic E-state index is 14.1. The number of benzene rings is 1. The highest BCUT2D eigenvalue weighted by Gasteiger charge is 2.70. The standard InChI is InChI=1S/C21H21F3O9/c1-4-31-19(27)16-15(10-5-6-13(29-2)14(7-10)30-3)18-17(12(26)8-11(9-25)32-18)33-20(16,28)21(22,23)24/h5-8,15-16,25,28H,4,9H2,1-3H3. The number of aliphatic hydroxyl groups is 2. The van der Waals surface area contributed by atoms with E-state index >= 15 is 0 Å².